The van der Waals surface area contributed by atoms with Gasteiger partial charge in [-0.2, -0.15) is 13.2 Å². The molecular weight excluding hydrogens is 269 g/mol. The van der Waals surface area contributed by atoms with Gasteiger partial charge in [-0.1, -0.05) is 17.7 Å². The molecule has 2 N–H and O–H groups in total. The van der Waals surface area contributed by atoms with Crippen LogP contribution in [0.3, 0.4) is 0 Å². The lowest BCUT2D eigenvalue weighted by Gasteiger charge is -2.13. The van der Waals surface area contributed by atoms with Crippen molar-refractivity contribution in [1.29, 1.82) is 0 Å². The van der Waals surface area contributed by atoms with Crippen molar-refractivity contribution in [3.8, 4) is 0 Å². The van der Waals surface area contributed by atoms with Crippen LogP contribution < -0.4 is 5.73 Å². The summed E-state index contributed by atoms with van der Waals surface area (Å²) >= 11 is 5.37. The average Bonchev–Trinajstić information content (AvgIpc) is 2.15. The Balaban J connectivity index is 0.00000225. The van der Waals surface area contributed by atoms with Crippen LogP contribution in [-0.4, -0.2) is 6.67 Å². The van der Waals surface area contributed by atoms with Crippen LogP contribution in [0.2, 0.25) is 5.02 Å². The number of hydrogen-bond acceptors (Lipinski definition) is 1. The zero-order chi connectivity index (χ0) is 11.6. The SMILES string of the molecule is Cl.N[C@@H](CF)c1ccc(Cl)c(C(F)(F)F)c1. The fraction of sp³-hybridized carbons (Fsp3) is 0.333. The van der Waals surface area contributed by atoms with Crippen molar-refractivity contribution >= 4 is 24.0 Å². The second-order valence-corrected chi connectivity index (χ2v) is 3.41. The van der Waals surface area contributed by atoms with E-state index < -0.39 is 29.5 Å². The Kier molecular flexibility index (Phi) is 5.52. The number of hydrogen-bond donors (Lipinski definition) is 1. The fourth-order valence-corrected chi connectivity index (χ4v) is 1.30. The van der Waals surface area contributed by atoms with Gasteiger partial charge in [0.05, 0.1) is 16.6 Å². The lowest BCUT2D eigenvalue weighted by molar-refractivity contribution is -0.137. The third-order valence-corrected chi connectivity index (χ3v) is 2.22. The molecule has 1 aromatic carbocycles. The van der Waals surface area contributed by atoms with Gasteiger partial charge in [0, 0.05) is 0 Å². The van der Waals surface area contributed by atoms with Crippen molar-refractivity contribution < 1.29 is 17.6 Å². The van der Waals surface area contributed by atoms with Gasteiger partial charge in [0.1, 0.15) is 6.67 Å². The summed E-state index contributed by atoms with van der Waals surface area (Å²) < 4.78 is 49.3. The van der Waals surface area contributed by atoms with Gasteiger partial charge in [-0.05, 0) is 17.7 Å². The van der Waals surface area contributed by atoms with Crippen LogP contribution in [0.1, 0.15) is 17.2 Å². The van der Waals surface area contributed by atoms with Gasteiger partial charge in [-0.25, -0.2) is 4.39 Å². The molecule has 7 heteroatoms. The van der Waals surface area contributed by atoms with E-state index in [-0.39, 0.29) is 18.0 Å². The zero-order valence-corrected chi connectivity index (χ0v) is 9.46. The molecular formula is C9H9Cl2F4N. The third kappa shape index (κ3) is 3.50. The van der Waals surface area contributed by atoms with Crippen molar-refractivity contribution in [1.82, 2.24) is 0 Å². The second kappa shape index (κ2) is 5.70. The Morgan fingerprint density at radius 3 is 2.31 bits per heavy atom. The smallest absolute Gasteiger partial charge is 0.322 e. The van der Waals surface area contributed by atoms with E-state index in [1.807, 2.05) is 0 Å². The molecule has 0 fully saturated rings. The first-order chi connectivity index (χ1) is 6.86. The second-order valence-electron chi connectivity index (χ2n) is 3.00. The van der Waals surface area contributed by atoms with Gasteiger partial charge in [0.25, 0.3) is 0 Å². The lowest BCUT2D eigenvalue weighted by atomic mass is 10.1. The molecule has 1 rings (SSSR count). The zero-order valence-electron chi connectivity index (χ0n) is 7.89. The van der Waals surface area contributed by atoms with Crippen LogP contribution in [0.25, 0.3) is 0 Å². The predicted octanol–water partition coefficient (Wildman–Crippen LogP) is 3.75. The number of rotatable bonds is 2. The summed E-state index contributed by atoms with van der Waals surface area (Å²) in [7, 11) is 0. The first kappa shape index (κ1) is 15.5. The summed E-state index contributed by atoms with van der Waals surface area (Å²) in [5, 5.41) is -0.419. The third-order valence-electron chi connectivity index (χ3n) is 1.89. The van der Waals surface area contributed by atoms with Gasteiger partial charge >= 0.3 is 6.18 Å². The summed E-state index contributed by atoms with van der Waals surface area (Å²) in [6, 6.07) is 2.06. The van der Waals surface area contributed by atoms with Crippen molar-refractivity contribution in [2.45, 2.75) is 12.2 Å². The molecule has 0 aliphatic heterocycles. The number of nitrogens with two attached hydrogens (primary N) is 1. The van der Waals surface area contributed by atoms with E-state index in [1.54, 1.807) is 0 Å². The molecule has 1 atom stereocenters. The molecule has 0 aromatic heterocycles. The van der Waals surface area contributed by atoms with Crippen molar-refractivity contribution in [2.24, 2.45) is 5.73 Å². The highest BCUT2D eigenvalue weighted by atomic mass is 35.5. The van der Waals surface area contributed by atoms with Crippen LogP contribution in [0.15, 0.2) is 18.2 Å². The van der Waals surface area contributed by atoms with Crippen LogP contribution in [0.5, 0.6) is 0 Å². The monoisotopic (exact) mass is 277 g/mol. The minimum Gasteiger partial charge on any atom is -0.322 e. The number of benzene rings is 1. The molecule has 0 aliphatic carbocycles. The highest BCUT2D eigenvalue weighted by Gasteiger charge is 2.33. The van der Waals surface area contributed by atoms with Crippen LogP contribution >= 0.6 is 24.0 Å². The van der Waals surface area contributed by atoms with Crippen molar-refractivity contribution in [2.75, 3.05) is 6.67 Å². The van der Waals surface area contributed by atoms with Crippen molar-refractivity contribution in [3.63, 3.8) is 0 Å². The number of alkyl halides is 4. The summed E-state index contributed by atoms with van der Waals surface area (Å²) in [6.45, 7) is -0.918. The van der Waals surface area contributed by atoms with Gasteiger partial charge in [-0.15, -0.1) is 12.4 Å². The van der Waals surface area contributed by atoms with Crippen LogP contribution in [0.4, 0.5) is 17.6 Å². The highest BCUT2D eigenvalue weighted by Crippen LogP contribution is 2.35. The van der Waals surface area contributed by atoms with Crippen LogP contribution in [0, 0.1) is 0 Å². The molecule has 0 bridgehead atoms. The predicted molar refractivity (Wildman–Crippen MR) is 56.6 cm³/mol. The van der Waals surface area contributed by atoms with E-state index in [9.17, 15) is 17.6 Å². The van der Waals surface area contributed by atoms with E-state index in [0.29, 0.717) is 0 Å². The minimum absolute atomic E-state index is 0. The Bertz CT molecular complexity index is 354. The maximum Gasteiger partial charge on any atom is 0.417 e. The lowest BCUT2D eigenvalue weighted by Crippen LogP contribution is -2.14. The molecule has 0 radical (unpaired) electrons. The number of halogens is 6. The van der Waals surface area contributed by atoms with E-state index in [1.165, 1.54) is 6.07 Å². The van der Waals surface area contributed by atoms with E-state index in [0.717, 1.165) is 12.1 Å². The Morgan fingerprint density at radius 1 is 1.31 bits per heavy atom. The molecule has 0 unspecified atom stereocenters. The maximum atomic E-state index is 12.4. The first-order valence-electron chi connectivity index (χ1n) is 4.04. The van der Waals surface area contributed by atoms with Crippen molar-refractivity contribution in [3.05, 3.63) is 34.3 Å². The first-order valence-corrected chi connectivity index (χ1v) is 4.42. The molecule has 0 aliphatic rings. The maximum absolute atomic E-state index is 12.4. The standard InChI is InChI=1S/C9H8ClF4N.ClH/c10-7-2-1-5(8(15)4-11)3-6(7)9(12,13)14;/h1-3,8H,4,15H2;1H/t8-;/m0./s1. The minimum atomic E-state index is -4.55. The normalized spacial score (nSPS) is 13.1. The van der Waals surface area contributed by atoms with Crippen LogP contribution in [-0.2, 0) is 6.18 Å². The Morgan fingerprint density at radius 2 is 1.88 bits per heavy atom. The highest BCUT2D eigenvalue weighted by molar-refractivity contribution is 6.31. The molecule has 92 valence electrons. The molecule has 0 amide bonds. The summed E-state index contributed by atoms with van der Waals surface area (Å²) in [5.41, 5.74) is 4.35. The van der Waals surface area contributed by atoms with E-state index in [2.05, 4.69) is 0 Å². The molecule has 16 heavy (non-hydrogen) atoms. The van der Waals surface area contributed by atoms with E-state index in [4.69, 9.17) is 17.3 Å². The summed E-state index contributed by atoms with van der Waals surface area (Å²) in [5.74, 6) is 0. The van der Waals surface area contributed by atoms with Gasteiger partial charge in [-0.3, -0.25) is 0 Å². The Labute approximate surface area is 101 Å². The largest absolute Gasteiger partial charge is 0.417 e. The molecule has 0 heterocycles. The topological polar surface area (TPSA) is 26.0 Å². The van der Waals surface area contributed by atoms with Gasteiger partial charge < -0.3 is 5.73 Å². The Hall–Kier alpha value is -0.520. The van der Waals surface area contributed by atoms with Gasteiger partial charge in [0.2, 0.25) is 0 Å². The molecule has 0 spiro atoms. The average molecular weight is 278 g/mol. The molecule has 0 saturated heterocycles. The molecule has 1 nitrogen and oxygen atoms in total. The molecule has 0 saturated carbocycles. The van der Waals surface area contributed by atoms with Gasteiger partial charge in [0.15, 0.2) is 0 Å². The van der Waals surface area contributed by atoms with E-state index >= 15 is 0 Å². The summed E-state index contributed by atoms with van der Waals surface area (Å²) in [4.78, 5) is 0. The summed E-state index contributed by atoms with van der Waals surface area (Å²) in [6.07, 6.45) is -4.55. The molecule has 1 aromatic rings. The fourth-order valence-electron chi connectivity index (χ4n) is 1.08. The quantitative estimate of drug-likeness (QED) is 0.819.